The number of carbonyl (C=O) groups is 3. The van der Waals surface area contributed by atoms with E-state index in [9.17, 15) is 22.8 Å². The zero-order valence-electron chi connectivity index (χ0n) is 19.2. The number of ether oxygens (including phenoxy) is 2. The van der Waals surface area contributed by atoms with Gasteiger partial charge in [-0.3, -0.25) is 14.4 Å². The molecule has 2 amide bonds. The van der Waals surface area contributed by atoms with Crippen molar-refractivity contribution in [2.24, 2.45) is 5.92 Å². The fourth-order valence-corrected chi connectivity index (χ4v) is 5.25. The van der Waals surface area contributed by atoms with E-state index in [2.05, 4.69) is 4.72 Å². The quantitative estimate of drug-likeness (QED) is 0.522. The van der Waals surface area contributed by atoms with Gasteiger partial charge in [-0.2, -0.15) is 0 Å². The second kappa shape index (κ2) is 10.5. The molecule has 2 aliphatic rings. The number of likely N-dealkylation sites (N-methyl/N-ethyl adjacent to an activating group) is 1. The van der Waals surface area contributed by atoms with Crippen molar-refractivity contribution >= 4 is 27.8 Å². The summed E-state index contributed by atoms with van der Waals surface area (Å²) in [5.41, 5.74) is 0.130. The van der Waals surface area contributed by atoms with Gasteiger partial charge in [-0.05, 0) is 50.8 Å². The van der Waals surface area contributed by atoms with Crippen molar-refractivity contribution in [1.29, 1.82) is 0 Å². The predicted octanol–water partition coefficient (Wildman–Crippen LogP) is 1.01. The lowest BCUT2D eigenvalue weighted by Crippen LogP contribution is -2.47. The Bertz CT molecular complexity index is 1010. The summed E-state index contributed by atoms with van der Waals surface area (Å²) in [7, 11) is -1.00. The third-order valence-electron chi connectivity index (χ3n) is 5.71. The fraction of sp³-hybridized carbons (Fsp3) is 0.591. The molecule has 0 spiro atoms. The number of sulfonamides is 1. The molecule has 1 heterocycles. The van der Waals surface area contributed by atoms with E-state index in [-0.39, 0.29) is 59.7 Å². The fourth-order valence-electron chi connectivity index (χ4n) is 3.76. The number of benzene rings is 1. The van der Waals surface area contributed by atoms with Crippen LogP contribution >= 0.6 is 0 Å². The molecule has 1 saturated carbocycles. The van der Waals surface area contributed by atoms with E-state index in [0.717, 1.165) is 12.8 Å². The second-order valence-electron chi connectivity index (χ2n) is 8.35. The zero-order valence-corrected chi connectivity index (χ0v) is 20.0. The Morgan fingerprint density at radius 3 is 2.58 bits per heavy atom. The van der Waals surface area contributed by atoms with Gasteiger partial charge in [0.2, 0.25) is 15.9 Å². The molecule has 1 aliphatic heterocycles. The summed E-state index contributed by atoms with van der Waals surface area (Å²) in [6.45, 7) is 2.60. The highest BCUT2D eigenvalue weighted by molar-refractivity contribution is 7.89. The van der Waals surface area contributed by atoms with Gasteiger partial charge in [-0.25, -0.2) is 13.1 Å². The summed E-state index contributed by atoms with van der Waals surface area (Å²) in [6.07, 6.45) is 2.90. The van der Waals surface area contributed by atoms with E-state index in [1.54, 1.807) is 11.8 Å². The molecule has 1 N–H and O–H groups in total. The topological polar surface area (TPSA) is 122 Å². The lowest BCUT2D eigenvalue weighted by atomic mass is 9.98. The average Bonchev–Trinajstić information content (AvgIpc) is 3.61. The van der Waals surface area contributed by atoms with E-state index < -0.39 is 15.9 Å². The number of nitrogens with one attached hydrogen (secondary N) is 1. The first-order valence-corrected chi connectivity index (χ1v) is 12.5. The van der Waals surface area contributed by atoms with Crippen molar-refractivity contribution in [2.75, 3.05) is 40.4 Å². The van der Waals surface area contributed by atoms with Crippen LogP contribution < -0.4 is 9.46 Å². The van der Waals surface area contributed by atoms with Crippen molar-refractivity contribution in [3.63, 3.8) is 0 Å². The highest BCUT2D eigenvalue weighted by atomic mass is 32.2. The first-order chi connectivity index (χ1) is 15.7. The number of likely N-dealkylation sites (tertiary alicyclic amines) is 1. The Hall–Kier alpha value is -2.66. The Labute approximate surface area is 194 Å². The van der Waals surface area contributed by atoms with E-state index in [1.165, 1.54) is 37.3 Å². The van der Waals surface area contributed by atoms with Crippen LogP contribution in [0, 0.1) is 5.92 Å². The molecule has 0 aromatic heterocycles. The number of nitrogens with zero attached hydrogens (tertiary/aromatic N) is 2. The first-order valence-electron chi connectivity index (χ1n) is 11.1. The van der Waals surface area contributed by atoms with E-state index in [0.29, 0.717) is 19.4 Å². The number of hydrogen-bond donors (Lipinski definition) is 1. The monoisotopic (exact) mass is 481 g/mol. The van der Waals surface area contributed by atoms with Crippen molar-refractivity contribution in [3.8, 4) is 5.75 Å². The van der Waals surface area contributed by atoms with Gasteiger partial charge >= 0.3 is 5.97 Å². The van der Waals surface area contributed by atoms with Gasteiger partial charge in [0.05, 0.1) is 26.2 Å². The molecule has 1 aromatic rings. The molecule has 1 aromatic carbocycles. The van der Waals surface area contributed by atoms with Crippen LogP contribution in [0.5, 0.6) is 5.75 Å². The molecular weight excluding hydrogens is 450 g/mol. The van der Waals surface area contributed by atoms with Crippen LogP contribution in [-0.4, -0.2) is 82.4 Å². The van der Waals surface area contributed by atoms with Crippen molar-refractivity contribution in [1.82, 2.24) is 14.5 Å². The lowest BCUT2D eigenvalue weighted by molar-refractivity contribution is -0.151. The van der Waals surface area contributed by atoms with E-state index in [1.807, 2.05) is 0 Å². The Balaban J connectivity index is 1.68. The molecule has 3 rings (SSSR count). The van der Waals surface area contributed by atoms with Gasteiger partial charge in [0.15, 0.2) is 0 Å². The van der Waals surface area contributed by atoms with Crippen LogP contribution in [0.4, 0.5) is 0 Å². The smallest absolute Gasteiger partial charge is 0.310 e. The Morgan fingerprint density at radius 1 is 1.21 bits per heavy atom. The lowest BCUT2D eigenvalue weighted by Gasteiger charge is -2.32. The molecule has 0 radical (unpaired) electrons. The third kappa shape index (κ3) is 6.23. The van der Waals surface area contributed by atoms with Gasteiger partial charge in [0.25, 0.3) is 5.91 Å². The van der Waals surface area contributed by atoms with Gasteiger partial charge < -0.3 is 19.3 Å². The Kier molecular flexibility index (Phi) is 7.96. The van der Waals surface area contributed by atoms with Crippen LogP contribution in [-0.2, 0) is 24.3 Å². The normalized spacial score (nSPS) is 18.5. The van der Waals surface area contributed by atoms with Crippen LogP contribution in [0.1, 0.15) is 43.0 Å². The van der Waals surface area contributed by atoms with Crippen molar-refractivity contribution in [3.05, 3.63) is 23.8 Å². The maximum atomic E-state index is 13.0. The predicted molar refractivity (Wildman–Crippen MR) is 119 cm³/mol. The van der Waals surface area contributed by atoms with Gasteiger partial charge in [0, 0.05) is 31.7 Å². The molecule has 2 fully saturated rings. The molecule has 1 aliphatic carbocycles. The first kappa shape index (κ1) is 25.0. The maximum Gasteiger partial charge on any atom is 0.310 e. The highest BCUT2D eigenvalue weighted by Gasteiger charge is 2.32. The Morgan fingerprint density at radius 2 is 1.94 bits per heavy atom. The van der Waals surface area contributed by atoms with Crippen LogP contribution in [0.3, 0.4) is 0 Å². The minimum Gasteiger partial charge on any atom is -0.495 e. The minimum atomic E-state index is -3.85. The minimum absolute atomic E-state index is 0.0951. The average molecular weight is 482 g/mol. The number of hydrogen-bond acceptors (Lipinski definition) is 7. The molecule has 182 valence electrons. The number of esters is 1. The highest BCUT2D eigenvalue weighted by Crippen LogP contribution is 2.28. The number of rotatable bonds is 9. The number of piperidine rings is 1. The summed E-state index contributed by atoms with van der Waals surface area (Å²) >= 11 is 0. The molecule has 1 unspecified atom stereocenters. The van der Waals surface area contributed by atoms with Crippen LogP contribution in [0.25, 0.3) is 0 Å². The second-order valence-corrected chi connectivity index (χ2v) is 10.0. The summed E-state index contributed by atoms with van der Waals surface area (Å²) in [5.74, 6) is -1.32. The van der Waals surface area contributed by atoms with Gasteiger partial charge in [-0.15, -0.1) is 0 Å². The van der Waals surface area contributed by atoms with Crippen LogP contribution in [0.15, 0.2) is 23.1 Å². The number of carbonyl (C=O) groups excluding carboxylic acids is 3. The summed E-state index contributed by atoms with van der Waals surface area (Å²) in [6, 6.07) is 4.07. The van der Waals surface area contributed by atoms with Gasteiger partial charge in [0.1, 0.15) is 10.6 Å². The molecule has 1 saturated heterocycles. The molecule has 0 bridgehead atoms. The molecular formula is C22H31N3O7S. The number of methoxy groups -OCH3 is 1. The standard InChI is InChI=1S/C22H31N3O7S/c1-4-32-22(28)16-6-5-11-25(13-16)20(26)14-24(2)21(27)15-7-10-18(31-3)19(12-15)33(29,30)23-17-8-9-17/h7,10,12,16-17,23H,4-6,8-9,11,13-14H2,1-3H3. The number of amides is 2. The summed E-state index contributed by atoms with van der Waals surface area (Å²) < 4.78 is 38.2. The SMILES string of the molecule is CCOC(=O)C1CCCN(C(=O)CN(C)C(=O)c2ccc(OC)c(S(=O)(=O)NC3CC3)c2)C1. The molecule has 1 atom stereocenters. The molecule has 33 heavy (non-hydrogen) atoms. The molecule has 11 heteroatoms. The summed E-state index contributed by atoms with van der Waals surface area (Å²) in [4.78, 5) is 40.5. The van der Waals surface area contributed by atoms with Gasteiger partial charge in [-0.1, -0.05) is 0 Å². The third-order valence-corrected chi connectivity index (χ3v) is 7.25. The zero-order chi connectivity index (χ0) is 24.2. The molecule has 10 nitrogen and oxygen atoms in total. The maximum absolute atomic E-state index is 13.0. The largest absolute Gasteiger partial charge is 0.495 e. The van der Waals surface area contributed by atoms with Crippen molar-refractivity contribution < 1.29 is 32.3 Å². The van der Waals surface area contributed by atoms with E-state index in [4.69, 9.17) is 9.47 Å². The van der Waals surface area contributed by atoms with Crippen molar-refractivity contribution in [2.45, 2.75) is 43.5 Å². The van der Waals surface area contributed by atoms with E-state index >= 15 is 0 Å². The van der Waals surface area contributed by atoms with Crippen LogP contribution in [0.2, 0.25) is 0 Å². The summed E-state index contributed by atoms with van der Waals surface area (Å²) in [5, 5.41) is 0.